The molecule has 202 valence electrons. The van der Waals surface area contributed by atoms with E-state index in [9.17, 15) is 10.1 Å². The van der Waals surface area contributed by atoms with Crippen LogP contribution in [-0.4, -0.2) is 15.7 Å². The van der Waals surface area contributed by atoms with Crippen molar-refractivity contribution >= 4 is 23.6 Å². The van der Waals surface area contributed by atoms with Gasteiger partial charge in [0.25, 0.3) is 5.91 Å². The van der Waals surface area contributed by atoms with Gasteiger partial charge in [-0.25, -0.2) is 4.68 Å². The van der Waals surface area contributed by atoms with Gasteiger partial charge in [0.15, 0.2) is 0 Å². The van der Waals surface area contributed by atoms with E-state index in [1.54, 1.807) is 10.8 Å². The first kappa shape index (κ1) is 27.4. The van der Waals surface area contributed by atoms with Crippen molar-refractivity contribution in [1.82, 2.24) is 15.1 Å². The number of hydrogen-bond donors (Lipinski definition) is 1. The van der Waals surface area contributed by atoms with Crippen LogP contribution in [0.1, 0.15) is 29.7 Å². The van der Waals surface area contributed by atoms with Gasteiger partial charge in [-0.1, -0.05) is 72.3 Å². The van der Waals surface area contributed by atoms with Gasteiger partial charge in [0, 0.05) is 22.3 Å². The van der Waals surface area contributed by atoms with Crippen LogP contribution in [0.2, 0.25) is 5.02 Å². The molecule has 4 aromatic carbocycles. The predicted molar refractivity (Wildman–Crippen MR) is 161 cm³/mol. The van der Waals surface area contributed by atoms with Crippen LogP contribution >= 0.6 is 11.6 Å². The molecule has 1 unspecified atom stereocenters. The molecule has 0 radical (unpaired) electrons. The quantitative estimate of drug-likeness (QED) is 0.149. The molecule has 0 spiro atoms. The molecule has 0 bridgehead atoms. The number of carbonyl (C=O) groups is 1. The van der Waals surface area contributed by atoms with Gasteiger partial charge in [-0.05, 0) is 72.7 Å². The molecule has 5 rings (SSSR count). The minimum atomic E-state index is -0.451. The van der Waals surface area contributed by atoms with Crippen molar-refractivity contribution in [2.24, 2.45) is 0 Å². The van der Waals surface area contributed by atoms with Crippen molar-refractivity contribution < 1.29 is 9.53 Å². The van der Waals surface area contributed by atoms with Gasteiger partial charge in [0.1, 0.15) is 24.0 Å². The number of benzene rings is 4. The molecule has 0 fully saturated rings. The Labute approximate surface area is 244 Å². The number of amides is 1. The number of para-hydroxylation sites is 1. The van der Waals surface area contributed by atoms with Gasteiger partial charge < -0.3 is 10.1 Å². The Kier molecular flexibility index (Phi) is 8.58. The lowest BCUT2D eigenvalue weighted by Gasteiger charge is -2.13. The Bertz CT molecular complexity index is 1690. The van der Waals surface area contributed by atoms with Crippen molar-refractivity contribution in [2.45, 2.75) is 19.6 Å². The Morgan fingerprint density at radius 2 is 1.63 bits per heavy atom. The number of nitrogens with zero attached hydrogens (tertiary/aromatic N) is 3. The van der Waals surface area contributed by atoms with E-state index >= 15 is 0 Å². The predicted octanol–water partition coefficient (Wildman–Crippen LogP) is 7.56. The van der Waals surface area contributed by atoms with Gasteiger partial charge in [0.05, 0.1) is 17.4 Å². The van der Waals surface area contributed by atoms with Crippen LogP contribution in [0.15, 0.2) is 121 Å². The molecule has 0 saturated heterocycles. The molecule has 1 aromatic heterocycles. The molecule has 1 amide bonds. The SMILES string of the molecule is CC(NC(=O)/C(C#N)=C/c1cn(-c2ccccc2)nc1-c1ccc(OCc2ccc(Cl)cc2)cc1)c1ccccc1. The van der Waals surface area contributed by atoms with E-state index in [-0.39, 0.29) is 11.6 Å². The molecule has 6 nitrogen and oxygen atoms in total. The first-order valence-electron chi connectivity index (χ1n) is 13.1. The maximum atomic E-state index is 13.1. The average molecular weight is 559 g/mol. The van der Waals surface area contributed by atoms with Crippen molar-refractivity contribution in [3.05, 3.63) is 143 Å². The minimum absolute atomic E-state index is 0.00967. The van der Waals surface area contributed by atoms with Crippen LogP contribution < -0.4 is 10.1 Å². The van der Waals surface area contributed by atoms with Crippen LogP contribution in [0, 0.1) is 11.3 Å². The summed E-state index contributed by atoms with van der Waals surface area (Å²) < 4.78 is 7.68. The molecule has 41 heavy (non-hydrogen) atoms. The van der Waals surface area contributed by atoms with Gasteiger partial charge in [0.2, 0.25) is 0 Å². The van der Waals surface area contributed by atoms with Crippen LogP contribution in [0.5, 0.6) is 5.75 Å². The van der Waals surface area contributed by atoms with E-state index in [1.807, 2.05) is 122 Å². The van der Waals surface area contributed by atoms with Crippen molar-refractivity contribution in [3.63, 3.8) is 0 Å². The number of carbonyl (C=O) groups excluding carboxylic acids is 1. The summed E-state index contributed by atoms with van der Waals surface area (Å²) in [5.74, 6) is 0.253. The molecule has 0 aliphatic carbocycles. The first-order valence-corrected chi connectivity index (χ1v) is 13.5. The third-order valence-corrected chi connectivity index (χ3v) is 6.77. The summed E-state index contributed by atoms with van der Waals surface area (Å²) in [7, 11) is 0. The Hall–Kier alpha value is -5.12. The zero-order valence-electron chi connectivity index (χ0n) is 22.4. The lowest BCUT2D eigenvalue weighted by atomic mass is 10.0. The van der Waals surface area contributed by atoms with Gasteiger partial charge in [-0.2, -0.15) is 10.4 Å². The number of aromatic nitrogens is 2. The third-order valence-electron chi connectivity index (χ3n) is 6.52. The molecule has 7 heteroatoms. The highest BCUT2D eigenvalue weighted by molar-refractivity contribution is 6.30. The number of ether oxygens (including phenoxy) is 1. The Balaban J connectivity index is 1.42. The van der Waals surface area contributed by atoms with E-state index in [1.165, 1.54) is 0 Å². The van der Waals surface area contributed by atoms with Crippen molar-refractivity contribution in [1.29, 1.82) is 5.26 Å². The van der Waals surface area contributed by atoms with Crippen LogP contribution in [0.25, 0.3) is 23.0 Å². The lowest BCUT2D eigenvalue weighted by molar-refractivity contribution is -0.117. The molecule has 0 saturated carbocycles. The highest BCUT2D eigenvalue weighted by atomic mass is 35.5. The van der Waals surface area contributed by atoms with E-state index in [0.717, 1.165) is 22.4 Å². The molecular formula is C34H27ClN4O2. The van der Waals surface area contributed by atoms with Gasteiger partial charge in [-0.15, -0.1) is 0 Å². The fourth-order valence-corrected chi connectivity index (χ4v) is 4.42. The molecule has 1 N–H and O–H groups in total. The molecule has 0 aliphatic heterocycles. The fraction of sp³-hybridized carbons (Fsp3) is 0.0882. The molecular weight excluding hydrogens is 532 g/mol. The topological polar surface area (TPSA) is 79.9 Å². The Morgan fingerprint density at radius 3 is 2.29 bits per heavy atom. The zero-order valence-corrected chi connectivity index (χ0v) is 23.1. The normalized spacial score (nSPS) is 11.9. The average Bonchev–Trinajstić information content (AvgIpc) is 3.44. The molecule has 1 heterocycles. The number of rotatable bonds is 9. The minimum Gasteiger partial charge on any atom is -0.489 e. The molecule has 0 aliphatic rings. The summed E-state index contributed by atoms with van der Waals surface area (Å²) in [6, 6.07) is 36.2. The number of nitriles is 1. The highest BCUT2D eigenvalue weighted by Crippen LogP contribution is 2.28. The van der Waals surface area contributed by atoms with Gasteiger partial charge in [-0.3, -0.25) is 4.79 Å². The summed E-state index contributed by atoms with van der Waals surface area (Å²) in [5, 5.41) is 18.3. The smallest absolute Gasteiger partial charge is 0.262 e. The summed E-state index contributed by atoms with van der Waals surface area (Å²) in [6.07, 6.45) is 3.40. The first-order chi connectivity index (χ1) is 20.0. The van der Waals surface area contributed by atoms with E-state index < -0.39 is 5.91 Å². The second-order valence-corrected chi connectivity index (χ2v) is 9.86. The summed E-state index contributed by atoms with van der Waals surface area (Å²) in [5.41, 5.74) is 4.91. The summed E-state index contributed by atoms with van der Waals surface area (Å²) in [6.45, 7) is 2.30. The fourth-order valence-electron chi connectivity index (χ4n) is 4.29. The monoisotopic (exact) mass is 558 g/mol. The molecule has 5 aromatic rings. The van der Waals surface area contributed by atoms with Crippen LogP contribution in [0.3, 0.4) is 0 Å². The van der Waals surface area contributed by atoms with E-state index in [4.69, 9.17) is 21.4 Å². The number of hydrogen-bond acceptors (Lipinski definition) is 4. The van der Waals surface area contributed by atoms with Crippen molar-refractivity contribution in [3.8, 4) is 28.8 Å². The summed E-state index contributed by atoms with van der Waals surface area (Å²) >= 11 is 5.97. The van der Waals surface area contributed by atoms with E-state index in [0.29, 0.717) is 28.6 Å². The second-order valence-electron chi connectivity index (χ2n) is 9.43. The van der Waals surface area contributed by atoms with Crippen LogP contribution in [-0.2, 0) is 11.4 Å². The standard InChI is InChI=1S/C34H27ClN4O2/c1-24(26-8-4-2-5-9-26)37-34(40)28(21-36)20-29-22-39(31-10-6-3-7-11-31)38-33(29)27-14-18-32(19-15-27)41-23-25-12-16-30(35)17-13-25/h2-20,22,24H,23H2,1H3,(H,37,40)/b28-20+. The maximum Gasteiger partial charge on any atom is 0.262 e. The summed E-state index contributed by atoms with van der Waals surface area (Å²) in [4.78, 5) is 13.1. The highest BCUT2D eigenvalue weighted by Gasteiger charge is 2.17. The largest absolute Gasteiger partial charge is 0.489 e. The third kappa shape index (κ3) is 6.91. The number of nitrogens with one attached hydrogen (secondary N) is 1. The van der Waals surface area contributed by atoms with Crippen molar-refractivity contribution in [2.75, 3.05) is 0 Å². The van der Waals surface area contributed by atoms with E-state index in [2.05, 4.69) is 11.4 Å². The Morgan fingerprint density at radius 1 is 0.976 bits per heavy atom. The lowest BCUT2D eigenvalue weighted by Crippen LogP contribution is -2.27. The molecule has 1 atom stereocenters. The second kappa shape index (κ2) is 12.8. The van der Waals surface area contributed by atoms with Crippen LogP contribution in [0.4, 0.5) is 0 Å². The zero-order chi connectivity index (χ0) is 28.6. The van der Waals surface area contributed by atoms with Gasteiger partial charge >= 0.3 is 0 Å². The maximum absolute atomic E-state index is 13.1. The number of halogens is 1.